The van der Waals surface area contributed by atoms with Crippen LogP contribution in [-0.2, 0) is 6.54 Å². The maximum absolute atomic E-state index is 13.8. The molecule has 0 aliphatic rings. The molecule has 2 rings (SSSR count). The van der Waals surface area contributed by atoms with Crippen molar-refractivity contribution in [2.75, 3.05) is 11.9 Å². The first-order valence-corrected chi connectivity index (χ1v) is 6.42. The van der Waals surface area contributed by atoms with Crippen molar-refractivity contribution in [1.82, 2.24) is 10.5 Å². The molecule has 0 atom stereocenters. The SMILES string of the molecule is CCCNc1c(F)cccc1C(=O)NCc1ccno1. The van der Waals surface area contributed by atoms with Crippen LogP contribution in [0, 0.1) is 5.82 Å². The standard InChI is InChI=1S/C14H16FN3O2/c1-2-7-16-13-11(4-3-5-12(13)15)14(19)17-9-10-6-8-18-20-10/h3-6,8,16H,2,7,9H2,1H3,(H,17,19). The fourth-order valence-corrected chi connectivity index (χ4v) is 1.74. The third-order valence-corrected chi connectivity index (χ3v) is 2.72. The lowest BCUT2D eigenvalue weighted by Gasteiger charge is -2.12. The Balaban J connectivity index is 2.10. The number of amides is 1. The van der Waals surface area contributed by atoms with E-state index in [0.29, 0.717) is 12.3 Å². The molecule has 20 heavy (non-hydrogen) atoms. The zero-order valence-corrected chi connectivity index (χ0v) is 11.1. The molecule has 0 saturated carbocycles. The summed E-state index contributed by atoms with van der Waals surface area (Å²) in [7, 11) is 0. The lowest BCUT2D eigenvalue weighted by Crippen LogP contribution is -2.24. The van der Waals surface area contributed by atoms with Crippen LogP contribution in [0.15, 0.2) is 35.0 Å². The molecule has 0 aliphatic carbocycles. The fraction of sp³-hybridized carbons (Fsp3) is 0.286. The van der Waals surface area contributed by atoms with Crippen molar-refractivity contribution in [2.45, 2.75) is 19.9 Å². The summed E-state index contributed by atoms with van der Waals surface area (Å²) in [4.78, 5) is 12.1. The number of nitrogens with zero attached hydrogens (tertiary/aromatic N) is 1. The molecule has 2 N–H and O–H groups in total. The molecule has 0 saturated heterocycles. The topological polar surface area (TPSA) is 67.2 Å². The van der Waals surface area contributed by atoms with Crippen LogP contribution in [0.5, 0.6) is 0 Å². The number of hydrogen-bond acceptors (Lipinski definition) is 4. The molecule has 0 radical (unpaired) electrons. The number of benzene rings is 1. The first kappa shape index (κ1) is 14.0. The van der Waals surface area contributed by atoms with Crippen molar-refractivity contribution in [3.05, 3.63) is 47.6 Å². The van der Waals surface area contributed by atoms with Crippen molar-refractivity contribution >= 4 is 11.6 Å². The first-order valence-electron chi connectivity index (χ1n) is 6.42. The molecular formula is C14H16FN3O2. The Morgan fingerprint density at radius 3 is 2.95 bits per heavy atom. The highest BCUT2D eigenvalue weighted by Crippen LogP contribution is 2.20. The van der Waals surface area contributed by atoms with Gasteiger partial charge < -0.3 is 15.2 Å². The largest absolute Gasteiger partial charge is 0.382 e. The Morgan fingerprint density at radius 2 is 2.25 bits per heavy atom. The van der Waals surface area contributed by atoms with E-state index in [2.05, 4.69) is 15.8 Å². The molecule has 2 aromatic rings. The van der Waals surface area contributed by atoms with Crippen LogP contribution in [0.25, 0.3) is 0 Å². The lowest BCUT2D eigenvalue weighted by atomic mass is 10.1. The first-order chi connectivity index (χ1) is 9.72. The molecule has 0 spiro atoms. The predicted octanol–water partition coefficient (Wildman–Crippen LogP) is 2.57. The van der Waals surface area contributed by atoms with Gasteiger partial charge in [-0.15, -0.1) is 0 Å². The summed E-state index contributed by atoms with van der Waals surface area (Å²) in [5.41, 5.74) is 0.502. The molecule has 1 aromatic carbocycles. The molecule has 106 valence electrons. The maximum Gasteiger partial charge on any atom is 0.253 e. The van der Waals surface area contributed by atoms with Gasteiger partial charge in [-0.1, -0.05) is 18.1 Å². The summed E-state index contributed by atoms with van der Waals surface area (Å²) in [5, 5.41) is 9.15. The van der Waals surface area contributed by atoms with Crippen LogP contribution in [0.1, 0.15) is 29.5 Å². The molecule has 0 bridgehead atoms. The van der Waals surface area contributed by atoms with Gasteiger partial charge in [-0.2, -0.15) is 0 Å². The van der Waals surface area contributed by atoms with Gasteiger partial charge >= 0.3 is 0 Å². The molecule has 0 aliphatic heterocycles. The van der Waals surface area contributed by atoms with Crippen LogP contribution in [0.2, 0.25) is 0 Å². The van der Waals surface area contributed by atoms with E-state index < -0.39 is 5.82 Å². The highest BCUT2D eigenvalue weighted by atomic mass is 19.1. The van der Waals surface area contributed by atoms with E-state index in [9.17, 15) is 9.18 Å². The number of nitrogens with one attached hydrogen (secondary N) is 2. The van der Waals surface area contributed by atoms with Crippen molar-refractivity contribution in [1.29, 1.82) is 0 Å². The smallest absolute Gasteiger partial charge is 0.253 e. The normalized spacial score (nSPS) is 10.3. The van der Waals surface area contributed by atoms with Crippen LogP contribution in [0.4, 0.5) is 10.1 Å². The molecule has 6 heteroatoms. The van der Waals surface area contributed by atoms with Crippen LogP contribution < -0.4 is 10.6 Å². The van der Waals surface area contributed by atoms with Gasteiger partial charge in [-0.25, -0.2) is 4.39 Å². The monoisotopic (exact) mass is 277 g/mol. The second-order valence-corrected chi connectivity index (χ2v) is 4.25. The number of para-hydroxylation sites is 1. The zero-order valence-electron chi connectivity index (χ0n) is 11.1. The van der Waals surface area contributed by atoms with E-state index in [0.717, 1.165) is 6.42 Å². The summed E-state index contributed by atoms with van der Waals surface area (Å²) in [5.74, 6) is -0.261. The molecular weight excluding hydrogens is 261 g/mol. The van der Waals surface area contributed by atoms with Gasteiger partial charge in [0.25, 0.3) is 5.91 Å². The number of rotatable bonds is 6. The van der Waals surface area contributed by atoms with Gasteiger partial charge in [0, 0.05) is 12.6 Å². The Kier molecular flexibility index (Phi) is 4.70. The second-order valence-electron chi connectivity index (χ2n) is 4.25. The highest BCUT2D eigenvalue weighted by molar-refractivity contribution is 5.99. The van der Waals surface area contributed by atoms with E-state index in [1.54, 1.807) is 12.1 Å². The van der Waals surface area contributed by atoms with E-state index in [-0.39, 0.29) is 23.7 Å². The van der Waals surface area contributed by atoms with Crippen molar-refractivity contribution < 1.29 is 13.7 Å². The number of carbonyl (C=O) groups excluding carboxylic acids is 1. The summed E-state index contributed by atoms with van der Waals surface area (Å²) in [6.07, 6.45) is 2.34. The second kappa shape index (κ2) is 6.70. The summed E-state index contributed by atoms with van der Waals surface area (Å²) in [6.45, 7) is 2.78. The van der Waals surface area contributed by atoms with Gasteiger partial charge in [0.05, 0.1) is 24.0 Å². The predicted molar refractivity (Wildman–Crippen MR) is 72.9 cm³/mol. The number of aromatic nitrogens is 1. The number of anilines is 1. The molecule has 0 fully saturated rings. The van der Waals surface area contributed by atoms with Crippen molar-refractivity contribution in [2.24, 2.45) is 0 Å². The van der Waals surface area contributed by atoms with Gasteiger partial charge in [0.1, 0.15) is 5.82 Å². The summed E-state index contributed by atoms with van der Waals surface area (Å²) < 4.78 is 18.7. The van der Waals surface area contributed by atoms with Gasteiger partial charge in [-0.3, -0.25) is 4.79 Å². The van der Waals surface area contributed by atoms with Gasteiger partial charge in [-0.05, 0) is 18.6 Å². The Morgan fingerprint density at radius 1 is 1.40 bits per heavy atom. The zero-order chi connectivity index (χ0) is 14.4. The number of hydrogen-bond donors (Lipinski definition) is 2. The molecule has 5 nitrogen and oxygen atoms in total. The van der Waals surface area contributed by atoms with Crippen LogP contribution in [0.3, 0.4) is 0 Å². The van der Waals surface area contributed by atoms with Gasteiger partial charge in [0.15, 0.2) is 5.76 Å². The molecule has 1 heterocycles. The Bertz CT molecular complexity index is 570. The average Bonchev–Trinajstić information content (AvgIpc) is 2.96. The fourth-order valence-electron chi connectivity index (χ4n) is 1.74. The molecule has 1 aromatic heterocycles. The minimum atomic E-state index is -0.439. The minimum Gasteiger partial charge on any atom is -0.382 e. The Hall–Kier alpha value is -2.37. The van der Waals surface area contributed by atoms with Crippen molar-refractivity contribution in [3.8, 4) is 0 Å². The molecule has 0 unspecified atom stereocenters. The van der Waals surface area contributed by atoms with Crippen LogP contribution >= 0.6 is 0 Å². The third-order valence-electron chi connectivity index (χ3n) is 2.72. The van der Waals surface area contributed by atoms with Crippen LogP contribution in [-0.4, -0.2) is 17.6 Å². The maximum atomic E-state index is 13.8. The summed E-state index contributed by atoms with van der Waals surface area (Å²) >= 11 is 0. The van der Waals surface area contributed by atoms with E-state index >= 15 is 0 Å². The number of carbonyl (C=O) groups is 1. The Labute approximate surface area is 116 Å². The molecule has 1 amide bonds. The lowest BCUT2D eigenvalue weighted by molar-refractivity contribution is 0.0947. The van der Waals surface area contributed by atoms with E-state index in [1.165, 1.54) is 18.3 Å². The van der Waals surface area contributed by atoms with Gasteiger partial charge in [0.2, 0.25) is 0 Å². The van der Waals surface area contributed by atoms with E-state index in [4.69, 9.17) is 4.52 Å². The minimum absolute atomic E-state index is 0.211. The van der Waals surface area contributed by atoms with Crippen molar-refractivity contribution in [3.63, 3.8) is 0 Å². The number of halogens is 1. The highest BCUT2D eigenvalue weighted by Gasteiger charge is 2.14. The quantitative estimate of drug-likeness (QED) is 0.851. The summed E-state index contributed by atoms with van der Waals surface area (Å²) in [6, 6.07) is 6.07. The average molecular weight is 277 g/mol. The van der Waals surface area contributed by atoms with E-state index in [1.807, 2.05) is 6.92 Å². The third kappa shape index (κ3) is 3.34.